The van der Waals surface area contributed by atoms with Crippen molar-refractivity contribution in [3.63, 3.8) is 0 Å². The molecule has 124 valence electrons. The van der Waals surface area contributed by atoms with Gasteiger partial charge in [0.05, 0.1) is 28.4 Å². The van der Waals surface area contributed by atoms with Crippen molar-refractivity contribution in [2.75, 3.05) is 19.1 Å². The number of benzene rings is 1. The summed E-state index contributed by atoms with van der Waals surface area (Å²) in [7, 11) is -1.06. The van der Waals surface area contributed by atoms with E-state index in [1.54, 1.807) is 11.9 Å². The van der Waals surface area contributed by atoms with E-state index in [9.17, 15) is 13.2 Å². The van der Waals surface area contributed by atoms with Crippen molar-refractivity contribution >= 4 is 49.6 Å². The molecule has 7 nitrogen and oxygen atoms in total. The number of hydroxylamine groups is 1. The van der Waals surface area contributed by atoms with Crippen LogP contribution < -0.4 is 15.5 Å². The Morgan fingerprint density at radius 3 is 2.65 bits per heavy atom. The fraction of sp³-hybridized carbons (Fsp3) is 0.154. The van der Waals surface area contributed by atoms with Crippen LogP contribution in [0, 0.1) is 0 Å². The van der Waals surface area contributed by atoms with E-state index in [4.69, 9.17) is 16.7 Å². The summed E-state index contributed by atoms with van der Waals surface area (Å²) in [5.41, 5.74) is 2.64. The summed E-state index contributed by atoms with van der Waals surface area (Å²) in [5, 5.41) is 7.78. The zero-order valence-electron chi connectivity index (χ0n) is 12.2. The number of rotatable bonds is 5. The highest BCUT2D eigenvalue weighted by Crippen LogP contribution is 2.35. The number of nitrogens with two attached hydrogens (primary N) is 1. The van der Waals surface area contributed by atoms with E-state index in [1.807, 2.05) is 17.5 Å². The molecule has 0 fully saturated rings. The SMILES string of the molecule is CONC(=O)c1cc(S(N)(=O)=O)c(Cl)cc1N(C)c1cccs1. The second kappa shape index (κ2) is 6.85. The Bertz CT molecular complexity index is 822. The van der Waals surface area contributed by atoms with Gasteiger partial charge in [-0.05, 0) is 29.6 Å². The van der Waals surface area contributed by atoms with Gasteiger partial charge in [0.25, 0.3) is 5.91 Å². The fourth-order valence-electron chi connectivity index (χ4n) is 1.95. The summed E-state index contributed by atoms with van der Waals surface area (Å²) in [6.07, 6.45) is 0. The predicted octanol–water partition coefficient (Wildman–Crippen LogP) is 2.11. The third-order valence-corrected chi connectivity index (χ3v) is 5.31. The molecule has 2 rings (SSSR count). The molecule has 3 N–H and O–H groups in total. The quantitative estimate of drug-likeness (QED) is 0.779. The normalized spacial score (nSPS) is 11.3. The maximum atomic E-state index is 12.2. The number of nitrogens with one attached hydrogen (secondary N) is 1. The van der Waals surface area contributed by atoms with Gasteiger partial charge < -0.3 is 4.90 Å². The fourth-order valence-corrected chi connectivity index (χ4v) is 3.75. The maximum absolute atomic E-state index is 12.2. The highest BCUT2D eigenvalue weighted by molar-refractivity contribution is 7.89. The highest BCUT2D eigenvalue weighted by Gasteiger charge is 2.23. The molecule has 0 spiro atoms. The molecule has 0 saturated carbocycles. The molecule has 1 heterocycles. The first kappa shape index (κ1) is 17.7. The molecule has 2 aromatic rings. The predicted molar refractivity (Wildman–Crippen MR) is 89.7 cm³/mol. The molecule has 0 bridgehead atoms. The largest absolute Gasteiger partial charge is 0.336 e. The number of amides is 1. The Morgan fingerprint density at radius 1 is 1.43 bits per heavy atom. The number of carbonyl (C=O) groups excluding carboxylic acids is 1. The second-order valence-electron chi connectivity index (χ2n) is 4.49. The van der Waals surface area contributed by atoms with Crippen LogP contribution in [0.15, 0.2) is 34.5 Å². The van der Waals surface area contributed by atoms with Crippen LogP contribution in [0.3, 0.4) is 0 Å². The van der Waals surface area contributed by atoms with Crippen molar-refractivity contribution in [1.29, 1.82) is 0 Å². The van der Waals surface area contributed by atoms with Gasteiger partial charge in [0.2, 0.25) is 10.0 Å². The Labute approximate surface area is 142 Å². The van der Waals surface area contributed by atoms with Crippen LogP contribution >= 0.6 is 22.9 Å². The van der Waals surface area contributed by atoms with Gasteiger partial charge in [-0.1, -0.05) is 11.6 Å². The molecule has 0 aliphatic carbocycles. The number of nitrogens with zero attached hydrogens (tertiary/aromatic N) is 1. The number of primary sulfonamides is 1. The summed E-state index contributed by atoms with van der Waals surface area (Å²) in [5.74, 6) is -0.618. The van der Waals surface area contributed by atoms with E-state index in [-0.39, 0.29) is 15.5 Å². The van der Waals surface area contributed by atoms with Gasteiger partial charge in [-0.2, -0.15) is 0 Å². The molecule has 0 radical (unpaired) electrons. The summed E-state index contributed by atoms with van der Waals surface area (Å²) in [6.45, 7) is 0. The van der Waals surface area contributed by atoms with Crippen molar-refractivity contribution < 1.29 is 18.0 Å². The molecule has 0 aliphatic rings. The van der Waals surface area contributed by atoms with Crippen LogP contribution in [0.4, 0.5) is 10.7 Å². The average molecular weight is 376 g/mol. The smallest absolute Gasteiger partial charge is 0.276 e. The van der Waals surface area contributed by atoms with E-state index in [0.717, 1.165) is 11.1 Å². The van der Waals surface area contributed by atoms with Gasteiger partial charge in [-0.15, -0.1) is 11.3 Å². The number of sulfonamides is 1. The first-order chi connectivity index (χ1) is 10.8. The minimum absolute atomic E-state index is 0.0659. The molecule has 1 aromatic carbocycles. The summed E-state index contributed by atoms with van der Waals surface area (Å²) in [6, 6.07) is 6.22. The van der Waals surface area contributed by atoms with Crippen LogP contribution in [-0.4, -0.2) is 28.5 Å². The van der Waals surface area contributed by atoms with E-state index in [1.165, 1.54) is 24.5 Å². The minimum Gasteiger partial charge on any atom is -0.336 e. The maximum Gasteiger partial charge on any atom is 0.276 e. The minimum atomic E-state index is -4.07. The van der Waals surface area contributed by atoms with Crippen molar-refractivity contribution in [3.8, 4) is 0 Å². The molecule has 1 aromatic heterocycles. The summed E-state index contributed by atoms with van der Waals surface area (Å²) in [4.78, 5) is 18.2. The van der Waals surface area contributed by atoms with Gasteiger partial charge in [0.1, 0.15) is 4.90 Å². The topological polar surface area (TPSA) is 102 Å². The molecular formula is C13H14ClN3O4S2. The number of hydrogen-bond acceptors (Lipinski definition) is 6. The first-order valence-corrected chi connectivity index (χ1v) is 9.03. The molecular weight excluding hydrogens is 362 g/mol. The Morgan fingerprint density at radius 2 is 2.13 bits per heavy atom. The lowest BCUT2D eigenvalue weighted by molar-refractivity contribution is 0.0538. The number of anilines is 2. The number of halogens is 1. The van der Waals surface area contributed by atoms with Crippen molar-refractivity contribution in [3.05, 3.63) is 40.2 Å². The molecule has 0 atom stereocenters. The monoisotopic (exact) mass is 375 g/mol. The van der Waals surface area contributed by atoms with E-state index < -0.39 is 15.9 Å². The van der Waals surface area contributed by atoms with Gasteiger partial charge in [-0.3, -0.25) is 9.63 Å². The zero-order chi connectivity index (χ0) is 17.2. The standard InChI is InChI=1S/C13H14ClN3O4S2/c1-17(12-4-3-5-22-12)10-7-9(14)11(23(15,19)20)6-8(10)13(18)16-21-2/h3-7H,1-2H3,(H,16,18)(H2,15,19,20). The van der Waals surface area contributed by atoms with Crippen LogP contribution in [-0.2, 0) is 14.9 Å². The number of carbonyl (C=O) groups is 1. The van der Waals surface area contributed by atoms with Crippen molar-refractivity contribution in [2.45, 2.75) is 4.90 Å². The Hall–Kier alpha value is -1.65. The lowest BCUT2D eigenvalue weighted by Crippen LogP contribution is -2.25. The van der Waals surface area contributed by atoms with Crippen molar-refractivity contribution in [2.24, 2.45) is 5.14 Å². The van der Waals surface area contributed by atoms with Gasteiger partial charge in [-0.25, -0.2) is 19.0 Å². The van der Waals surface area contributed by atoms with E-state index in [0.29, 0.717) is 5.69 Å². The third-order valence-electron chi connectivity index (χ3n) is 2.99. The number of hydrogen-bond donors (Lipinski definition) is 2. The molecule has 0 aliphatic heterocycles. The molecule has 0 unspecified atom stereocenters. The van der Waals surface area contributed by atoms with Gasteiger partial charge >= 0.3 is 0 Å². The van der Waals surface area contributed by atoms with Crippen molar-refractivity contribution in [1.82, 2.24) is 5.48 Å². The Kier molecular flexibility index (Phi) is 5.27. The average Bonchev–Trinajstić information content (AvgIpc) is 2.99. The lowest BCUT2D eigenvalue weighted by Gasteiger charge is -2.21. The lowest BCUT2D eigenvalue weighted by atomic mass is 10.1. The number of thiophene rings is 1. The van der Waals surface area contributed by atoms with Crippen LogP contribution in [0.1, 0.15) is 10.4 Å². The molecule has 1 amide bonds. The molecule has 0 saturated heterocycles. The zero-order valence-corrected chi connectivity index (χ0v) is 14.6. The summed E-state index contributed by atoms with van der Waals surface area (Å²) < 4.78 is 23.2. The van der Waals surface area contributed by atoms with E-state index in [2.05, 4.69) is 10.3 Å². The third kappa shape index (κ3) is 3.82. The summed E-state index contributed by atoms with van der Waals surface area (Å²) >= 11 is 7.48. The van der Waals surface area contributed by atoms with Crippen LogP contribution in [0.2, 0.25) is 5.02 Å². The highest BCUT2D eigenvalue weighted by atomic mass is 35.5. The van der Waals surface area contributed by atoms with Crippen LogP contribution in [0.5, 0.6) is 0 Å². The van der Waals surface area contributed by atoms with Crippen LogP contribution in [0.25, 0.3) is 0 Å². The molecule has 10 heteroatoms. The van der Waals surface area contributed by atoms with E-state index >= 15 is 0 Å². The molecule has 23 heavy (non-hydrogen) atoms. The van der Waals surface area contributed by atoms with Gasteiger partial charge in [0, 0.05) is 7.05 Å². The first-order valence-electron chi connectivity index (χ1n) is 6.22. The second-order valence-corrected chi connectivity index (χ2v) is 7.35. The van der Waals surface area contributed by atoms with Gasteiger partial charge in [0.15, 0.2) is 0 Å². The Balaban J connectivity index is 2.65.